The highest BCUT2D eigenvalue weighted by Gasteiger charge is 2.22. The third kappa shape index (κ3) is 4.91. The standard InChI is InChI=1S/C21H24N2O7/c1-4-28-19-8-14-7-13(2)30-20(14)9-15(19)11-22-21(24)12-29-18-6-5-16(27-3)10-17(18)23(25)26/h5-6,8-10,13H,4,7,11-12H2,1-3H3,(H,22,24)/t13-/m1/s1. The summed E-state index contributed by atoms with van der Waals surface area (Å²) in [6.45, 7) is 4.24. The number of amides is 1. The first kappa shape index (κ1) is 21.2. The number of nitrogens with one attached hydrogen (secondary N) is 1. The monoisotopic (exact) mass is 416 g/mol. The SMILES string of the molecule is CCOc1cc2c(cc1CNC(=O)COc1ccc(OC)cc1[N+](=O)[O-])O[C@H](C)C2. The summed E-state index contributed by atoms with van der Waals surface area (Å²) in [5.41, 5.74) is 1.59. The summed E-state index contributed by atoms with van der Waals surface area (Å²) in [5, 5.41) is 14.0. The van der Waals surface area contributed by atoms with E-state index in [2.05, 4.69) is 5.32 Å². The lowest BCUT2D eigenvalue weighted by molar-refractivity contribution is -0.385. The van der Waals surface area contributed by atoms with Crippen molar-refractivity contribution in [3.05, 3.63) is 51.6 Å². The molecule has 3 rings (SSSR count). The van der Waals surface area contributed by atoms with E-state index in [0.717, 1.165) is 23.3 Å². The molecule has 9 nitrogen and oxygen atoms in total. The van der Waals surface area contributed by atoms with Gasteiger partial charge in [-0.05, 0) is 38.1 Å². The van der Waals surface area contributed by atoms with Crippen molar-refractivity contribution in [3.8, 4) is 23.0 Å². The van der Waals surface area contributed by atoms with Crippen molar-refractivity contribution in [2.45, 2.75) is 32.9 Å². The fraction of sp³-hybridized carbons (Fsp3) is 0.381. The van der Waals surface area contributed by atoms with Crippen LogP contribution in [-0.4, -0.2) is 37.3 Å². The Labute approximate surface area is 174 Å². The van der Waals surface area contributed by atoms with Crippen LogP contribution in [0.1, 0.15) is 25.0 Å². The smallest absolute Gasteiger partial charge is 0.314 e. The van der Waals surface area contributed by atoms with Gasteiger partial charge in [0.2, 0.25) is 0 Å². The van der Waals surface area contributed by atoms with Crippen molar-refractivity contribution in [2.75, 3.05) is 20.3 Å². The summed E-state index contributed by atoms with van der Waals surface area (Å²) in [6.07, 6.45) is 0.921. The molecule has 0 bridgehead atoms. The predicted octanol–water partition coefficient (Wildman–Crippen LogP) is 3.02. The number of rotatable bonds is 9. The van der Waals surface area contributed by atoms with Crippen molar-refractivity contribution in [3.63, 3.8) is 0 Å². The highest BCUT2D eigenvalue weighted by Crippen LogP contribution is 2.35. The minimum absolute atomic E-state index is 0.00845. The summed E-state index contributed by atoms with van der Waals surface area (Å²) in [6, 6.07) is 7.99. The van der Waals surface area contributed by atoms with Crippen molar-refractivity contribution >= 4 is 11.6 Å². The van der Waals surface area contributed by atoms with Crippen molar-refractivity contribution in [1.29, 1.82) is 0 Å². The predicted molar refractivity (Wildman–Crippen MR) is 108 cm³/mol. The zero-order valence-corrected chi connectivity index (χ0v) is 17.1. The van der Waals surface area contributed by atoms with Gasteiger partial charge in [-0.2, -0.15) is 0 Å². The molecule has 2 aromatic rings. The Balaban J connectivity index is 1.63. The maximum absolute atomic E-state index is 12.2. The van der Waals surface area contributed by atoms with E-state index in [1.807, 2.05) is 26.0 Å². The Morgan fingerprint density at radius 2 is 2.07 bits per heavy atom. The van der Waals surface area contributed by atoms with Gasteiger partial charge < -0.3 is 24.3 Å². The highest BCUT2D eigenvalue weighted by molar-refractivity contribution is 5.77. The minimum atomic E-state index is -0.588. The lowest BCUT2D eigenvalue weighted by atomic mass is 10.1. The summed E-state index contributed by atoms with van der Waals surface area (Å²) >= 11 is 0. The molecular weight excluding hydrogens is 392 g/mol. The summed E-state index contributed by atoms with van der Waals surface area (Å²) in [7, 11) is 1.41. The van der Waals surface area contributed by atoms with Gasteiger partial charge in [-0.1, -0.05) is 0 Å². The molecule has 0 aliphatic carbocycles. The Morgan fingerprint density at radius 3 is 2.77 bits per heavy atom. The van der Waals surface area contributed by atoms with E-state index in [9.17, 15) is 14.9 Å². The number of fused-ring (bicyclic) bond motifs is 1. The van der Waals surface area contributed by atoms with Crippen LogP contribution in [0.4, 0.5) is 5.69 Å². The number of carbonyl (C=O) groups excluding carboxylic acids is 1. The molecule has 1 aliphatic heterocycles. The molecule has 0 fully saturated rings. The number of carbonyl (C=O) groups is 1. The third-order valence-corrected chi connectivity index (χ3v) is 4.58. The van der Waals surface area contributed by atoms with Crippen LogP contribution in [0.3, 0.4) is 0 Å². The zero-order chi connectivity index (χ0) is 21.7. The van der Waals surface area contributed by atoms with Crippen molar-refractivity contribution in [2.24, 2.45) is 0 Å². The Kier molecular flexibility index (Phi) is 6.61. The number of nitrogens with zero attached hydrogens (tertiary/aromatic N) is 1. The Hall–Kier alpha value is -3.49. The quantitative estimate of drug-likeness (QED) is 0.494. The van der Waals surface area contributed by atoms with Crippen LogP contribution < -0.4 is 24.3 Å². The molecule has 160 valence electrons. The Bertz CT molecular complexity index is 945. The van der Waals surface area contributed by atoms with Crippen LogP contribution in [-0.2, 0) is 17.8 Å². The topological polar surface area (TPSA) is 109 Å². The lowest BCUT2D eigenvalue weighted by Gasteiger charge is -2.14. The molecule has 1 amide bonds. The van der Waals surface area contributed by atoms with Crippen LogP contribution in [0.2, 0.25) is 0 Å². The average molecular weight is 416 g/mol. The zero-order valence-electron chi connectivity index (χ0n) is 17.1. The molecule has 1 atom stereocenters. The minimum Gasteiger partial charge on any atom is -0.496 e. The molecule has 0 spiro atoms. The molecule has 0 saturated heterocycles. The fourth-order valence-electron chi connectivity index (χ4n) is 3.19. The van der Waals surface area contributed by atoms with Gasteiger partial charge in [0.1, 0.15) is 23.4 Å². The second-order valence-corrected chi connectivity index (χ2v) is 6.79. The molecule has 2 aromatic carbocycles. The van der Waals surface area contributed by atoms with Gasteiger partial charge in [0.05, 0.1) is 24.7 Å². The summed E-state index contributed by atoms with van der Waals surface area (Å²) in [5.74, 6) is 1.39. The number of hydrogen-bond acceptors (Lipinski definition) is 7. The van der Waals surface area contributed by atoms with Gasteiger partial charge in [0.15, 0.2) is 12.4 Å². The molecule has 1 N–H and O–H groups in total. The molecule has 1 heterocycles. The molecule has 0 saturated carbocycles. The molecule has 30 heavy (non-hydrogen) atoms. The number of nitro groups is 1. The Morgan fingerprint density at radius 1 is 1.27 bits per heavy atom. The lowest BCUT2D eigenvalue weighted by Crippen LogP contribution is -2.28. The molecule has 0 aromatic heterocycles. The van der Waals surface area contributed by atoms with Crippen LogP contribution in [0.15, 0.2) is 30.3 Å². The van der Waals surface area contributed by atoms with Crippen LogP contribution >= 0.6 is 0 Å². The van der Waals surface area contributed by atoms with Gasteiger partial charge in [-0.15, -0.1) is 0 Å². The third-order valence-electron chi connectivity index (χ3n) is 4.58. The first-order chi connectivity index (χ1) is 14.4. The second-order valence-electron chi connectivity index (χ2n) is 6.79. The molecule has 0 unspecified atom stereocenters. The van der Waals surface area contributed by atoms with Crippen LogP contribution in [0.25, 0.3) is 0 Å². The van der Waals surface area contributed by atoms with E-state index >= 15 is 0 Å². The van der Waals surface area contributed by atoms with E-state index in [1.165, 1.54) is 25.3 Å². The first-order valence-corrected chi connectivity index (χ1v) is 9.58. The van der Waals surface area contributed by atoms with Gasteiger partial charge in [0, 0.05) is 24.1 Å². The van der Waals surface area contributed by atoms with Gasteiger partial charge in [-0.3, -0.25) is 14.9 Å². The summed E-state index contributed by atoms with van der Waals surface area (Å²) in [4.78, 5) is 22.9. The molecule has 1 aliphatic rings. The normalized spacial score (nSPS) is 14.4. The van der Waals surface area contributed by atoms with Gasteiger partial charge >= 0.3 is 5.69 Å². The molecular formula is C21H24N2O7. The molecule has 9 heteroatoms. The van der Waals surface area contributed by atoms with Crippen molar-refractivity contribution < 1.29 is 28.7 Å². The average Bonchev–Trinajstić information content (AvgIpc) is 3.09. The van der Waals surface area contributed by atoms with E-state index < -0.39 is 10.8 Å². The number of nitro benzene ring substituents is 1. The van der Waals surface area contributed by atoms with E-state index in [4.69, 9.17) is 18.9 Å². The fourth-order valence-corrected chi connectivity index (χ4v) is 3.19. The van der Waals surface area contributed by atoms with E-state index in [0.29, 0.717) is 18.1 Å². The maximum atomic E-state index is 12.2. The maximum Gasteiger partial charge on any atom is 0.314 e. The van der Waals surface area contributed by atoms with E-state index in [-0.39, 0.29) is 30.7 Å². The summed E-state index contributed by atoms with van der Waals surface area (Å²) < 4.78 is 21.8. The van der Waals surface area contributed by atoms with Gasteiger partial charge in [0.25, 0.3) is 5.91 Å². The largest absolute Gasteiger partial charge is 0.496 e. The van der Waals surface area contributed by atoms with Crippen molar-refractivity contribution in [1.82, 2.24) is 5.32 Å². The van der Waals surface area contributed by atoms with Crippen LogP contribution in [0.5, 0.6) is 23.0 Å². The highest BCUT2D eigenvalue weighted by atomic mass is 16.6. The number of methoxy groups -OCH3 is 1. The number of benzene rings is 2. The number of hydrogen-bond donors (Lipinski definition) is 1. The van der Waals surface area contributed by atoms with Gasteiger partial charge in [-0.25, -0.2) is 0 Å². The second kappa shape index (κ2) is 9.34. The first-order valence-electron chi connectivity index (χ1n) is 9.58. The number of ether oxygens (including phenoxy) is 4. The van der Waals surface area contributed by atoms with E-state index in [1.54, 1.807) is 0 Å². The van der Waals surface area contributed by atoms with Crippen LogP contribution in [0, 0.1) is 10.1 Å². The molecule has 0 radical (unpaired) electrons.